The lowest BCUT2D eigenvalue weighted by atomic mass is 9.72. The Morgan fingerprint density at radius 2 is 1.71 bits per heavy atom. The summed E-state index contributed by atoms with van der Waals surface area (Å²) in [6.45, 7) is 8.61. The number of anilines is 1. The van der Waals surface area contributed by atoms with Gasteiger partial charge in [-0.25, -0.2) is 4.79 Å². The van der Waals surface area contributed by atoms with Gasteiger partial charge in [-0.15, -0.1) is 0 Å². The molecule has 0 bridgehead atoms. The first-order valence-corrected chi connectivity index (χ1v) is 21.4. The van der Waals surface area contributed by atoms with E-state index in [0.29, 0.717) is 46.2 Å². The van der Waals surface area contributed by atoms with Gasteiger partial charge in [-0.05, 0) is 125 Å². The van der Waals surface area contributed by atoms with Crippen molar-refractivity contribution >= 4 is 51.9 Å². The van der Waals surface area contributed by atoms with Crippen LogP contribution in [0.15, 0.2) is 66.9 Å². The number of carbonyl (C=O) groups excluding carboxylic acids is 4. The van der Waals surface area contributed by atoms with Gasteiger partial charge in [-0.1, -0.05) is 23.7 Å². The van der Waals surface area contributed by atoms with Crippen LogP contribution in [-0.2, 0) is 11.3 Å². The number of fused-ring (bicyclic) bond motifs is 1. The van der Waals surface area contributed by atoms with Crippen LogP contribution < -0.4 is 20.3 Å². The molecule has 0 unspecified atom stereocenters. The van der Waals surface area contributed by atoms with Gasteiger partial charge in [0.05, 0.1) is 27.9 Å². The first-order chi connectivity index (χ1) is 28.5. The number of likely N-dealkylation sites (tertiary alicyclic amines) is 2. The molecule has 4 heterocycles. The number of hydrogen-bond donors (Lipinski definition) is 2. The number of carbonyl (C=O) groups is 4. The molecule has 12 nitrogen and oxygen atoms in total. The van der Waals surface area contributed by atoms with Crippen molar-refractivity contribution in [3.05, 3.63) is 94.1 Å². The maximum absolute atomic E-state index is 14.2. The van der Waals surface area contributed by atoms with Gasteiger partial charge >= 0.3 is 6.03 Å². The number of imide groups is 1. The molecule has 13 heteroatoms. The van der Waals surface area contributed by atoms with E-state index in [1.165, 1.54) is 5.56 Å². The highest BCUT2D eigenvalue weighted by atomic mass is 35.5. The van der Waals surface area contributed by atoms with Crippen molar-refractivity contribution in [1.29, 1.82) is 5.26 Å². The predicted octanol–water partition coefficient (Wildman–Crippen LogP) is 7.83. The SMILES string of the molecule is CC(C)n1ccc2c(N3CCC(=O)NC3=O)cc(C(=O)N3CCC4(CCCN(Cc5ccc(C(=O)N[C@H]6CC[C@H](Oc7ccc(C#N)c(Cl)c7)CC6)cc5)C4)CC3)cc21. The summed E-state index contributed by atoms with van der Waals surface area (Å²) in [5.74, 6) is 0.278. The summed E-state index contributed by atoms with van der Waals surface area (Å²) in [4.78, 5) is 58.3. The van der Waals surface area contributed by atoms with E-state index in [1.807, 2.05) is 41.4 Å². The highest BCUT2D eigenvalue weighted by molar-refractivity contribution is 6.31. The number of aromatic nitrogens is 1. The van der Waals surface area contributed by atoms with Crippen molar-refractivity contribution in [1.82, 2.24) is 25.0 Å². The van der Waals surface area contributed by atoms with Crippen LogP contribution in [0, 0.1) is 16.7 Å². The average molecular weight is 818 g/mol. The van der Waals surface area contributed by atoms with E-state index in [-0.39, 0.29) is 54.3 Å². The van der Waals surface area contributed by atoms with E-state index in [2.05, 4.69) is 52.2 Å². The number of nitrogens with one attached hydrogen (secondary N) is 2. The lowest BCUT2D eigenvalue weighted by Gasteiger charge is -2.47. The molecule has 3 aliphatic heterocycles. The molecule has 0 atom stereocenters. The van der Waals surface area contributed by atoms with E-state index in [1.54, 1.807) is 23.1 Å². The number of nitrogens with zero attached hydrogens (tertiary/aromatic N) is 5. The van der Waals surface area contributed by atoms with Crippen LogP contribution in [-0.4, -0.2) is 83.0 Å². The Labute approximate surface area is 350 Å². The topological polar surface area (TPSA) is 140 Å². The minimum Gasteiger partial charge on any atom is -0.490 e. The number of ether oxygens (including phenoxy) is 1. The molecule has 4 aromatic rings. The predicted molar refractivity (Wildman–Crippen MR) is 227 cm³/mol. The monoisotopic (exact) mass is 817 g/mol. The molecule has 2 N–H and O–H groups in total. The minimum absolute atomic E-state index is 0.0306. The van der Waals surface area contributed by atoms with Crippen molar-refractivity contribution in [2.75, 3.05) is 37.6 Å². The summed E-state index contributed by atoms with van der Waals surface area (Å²) in [5, 5.41) is 16.0. The molecule has 5 amide bonds. The third kappa shape index (κ3) is 8.82. The molecule has 1 aliphatic carbocycles. The summed E-state index contributed by atoms with van der Waals surface area (Å²) in [5.41, 5.74) is 4.51. The highest BCUT2D eigenvalue weighted by Gasteiger charge is 2.40. The molecule has 4 aliphatic rings. The van der Waals surface area contributed by atoms with Crippen molar-refractivity contribution in [2.45, 2.75) is 96.4 Å². The molecule has 1 saturated carbocycles. The lowest BCUT2D eigenvalue weighted by Crippen LogP contribution is -2.50. The van der Waals surface area contributed by atoms with E-state index in [4.69, 9.17) is 21.6 Å². The van der Waals surface area contributed by atoms with Crippen LogP contribution in [0.1, 0.15) is 110 Å². The third-order valence-corrected chi connectivity index (χ3v) is 13.1. The number of benzene rings is 3. The second kappa shape index (κ2) is 17.1. The molecule has 3 aromatic carbocycles. The fourth-order valence-corrected chi connectivity index (χ4v) is 9.73. The Morgan fingerprint density at radius 3 is 2.41 bits per heavy atom. The van der Waals surface area contributed by atoms with Crippen molar-refractivity contribution in [3.8, 4) is 11.8 Å². The highest BCUT2D eigenvalue weighted by Crippen LogP contribution is 2.41. The second-order valence-corrected chi connectivity index (χ2v) is 17.5. The zero-order valence-electron chi connectivity index (χ0n) is 33.8. The number of amides is 5. The number of halogens is 1. The van der Waals surface area contributed by atoms with Crippen LogP contribution in [0.4, 0.5) is 10.5 Å². The quantitative estimate of drug-likeness (QED) is 0.176. The number of nitriles is 1. The van der Waals surface area contributed by atoms with Gasteiger partial charge in [0.25, 0.3) is 11.8 Å². The summed E-state index contributed by atoms with van der Waals surface area (Å²) in [6.07, 6.45) is 9.66. The lowest BCUT2D eigenvalue weighted by molar-refractivity contribution is -0.120. The number of urea groups is 1. The second-order valence-electron chi connectivity index (χ2n) is 17.1. The standard InChI is InChI=1S/C46H52ClN7O5/c1-30(2)53-20-14-38-40(53)24-34(25-41(38)54-21-15-42(55)50-45(54)58)44(57)52-22-17-46(18-23-52)16-3-19-51(29-46)28-31-4-6-32(7-5-31)43(56)49-35-9-12-36(13-10-35)59-37-11-8-33(27-48)39(47)26-37/h4-8,11,14,20,24-26,30,35-36H,3,9-10,12-13,15-19,21-23,28-29H2,1-2H3,(H,49,56)(H,50,55,58)/t35-,36-. The van der Waals surface area contributed by atoms with E-state index in [9.17, 15) is 19.2 Å². The summed E-state index contributed by atoms with van der Waals surface area (Å²) >= 11 is 6.17. The van der Waals surface area contributed by atoms with Crippen molar-refractivity contribution in [3.63, 3.8) is 0 Å². The molecule has 4 fully saturated rings. The summed E-state index contributed by atoms with van der Waals surface area (Å²) in [7, 11) is 0. The molecular weight excluding hydrogens is 766 g/mol. The van der Waals surface area contributed by atoms with Gasteiger partial charge in [0.1, 0.15) is 11.8 Å². The Balaban J connectivity index is 0.837. The molecule has 1 aromatic heterocycles. The largest absolute Gasteiger partial charge is 0.490 e. The van der Waals surface area contributed by atoms with Crippen molar-refractivity contribution < 1.29 is 23.9 Å². The smallest absolute Gasteiger partial charge is 0.328 e. The van der Waals surface area contributed by atoms with E-state index in [0.717, 1.165) is 81.9 Å². The number of hydrogen-bond acceptors (Lipinski definition) is 7. The number of rotatable bonds is 9. The maximum Gasteiger partial charge on any atom is 0.328 e. The first-order valence-electron chi connectivity index (χ1n) is 21.0. The zero-order valence-corrected chi connectivity index (χ0v) is 34.6. The third-order valence-electron chi connectivity index (χ3n) is 12.8. The molecule has 8 rings (SSSR count). The Morgan fingerprint density at radius 1 is 0.949 bits per heavy atom. The van der Waals surface area contributed by atoms with Gasteiger partial charge < -0.3 is 19.5 Å². The van der Waals surface area contributed by atoms with Gasteiger partial charge in [-0.2, -0.15) is 5.26 Å². The molecule has 1 spiro atoms. The fourth-order valence-electron chi connectivity index (χ4n) is 9.52. The van der Waals surface area contributed by atoms with Crippen LogP contribution in [0.5, 0.6) is 5.75 Å². The van der Waals surface area contributed by atoms with E-state index >= 15 is 0 Å². The van der Waals surface area contributed by atoms with Gasteiger partial charge in [0.15, 0.2) is 0 Å². The normalized spacial score (nSPS) is 21.1. The summed E-state index contributed by atoms with van der Waals surface area (Å²) in [6, 6.07) is 20.7. The van der Waals surface area contributed by atoms with Crippen LogP contribution in [0.25, 0.3) is 10.9 Å². The molecule has 3 saturated heterocycles. The van der Waals surface area contributed by atoms with Gasteiger partial charge in [0, 0.05) is 80.0 Å². The van der Waals surface area contributed by atoms with Crippen LogP contribution >= 0.6 is 11.6 Å². The molecule has 0 radical (unpaired) electrons. The molecule has 308 valence electrons. The average Bonchev–Trinajstić information content (AvgIpc) is 3.67. The first kappa shape index (κ1) is 40.4. The summed E-state index contributed by atoms with van der Waals surface area (Å²) < 4.78 is 8.24. The molecule has 59 heavy (non-hydrogen) atoms. The Kier molecular flexibility index (Phi) is 11.7. The Hall–Kier alpha value is -5.38. The number of piperidine rings is 2. The zero-order chi connectivity index (χ0) is 41.3. The van der Waals surface area contributed by atoms with Gasteiger partial charge in [0.2, 0.25) is 5.91 Å². The fraction of sp³-hybridized carbons (Fsp3) is 0.457. The molecular formula is C46H52ClN7O5. The van der Waals surface area contributed by atoms with Crippen LogP contribution in [0.3, 0.4) is 0 Å². The Bertz CT molecular complexity index is 2280. The maximum atomic E-state index is 14.2. The van der Waals surface area contributed by atoms with E-state index < -0.39 is 6.03 Å². The minimum atomic E-state index is -0.460. The van der Waals surface area contributed by atoms with Crippen LogP contribution in [0.2, 0.25) is 5.02 Å². The van der Waals surface area contributed by atoms with Gasteiger partial charge in [-0.3, -0.25) is 29.5 Å². The van der Waals surface area contributed by atoms with Crippen molar-refractivity contribution in [2.24, 2.45) is 5.41 Å².